The van der Waals surface area contributed by atoms with Crippen LogP contribution in [-0.2, 0) is 7.05 Å². The second-order valence-electron chi connectivity index (χ2n) is 3.85. The van der Waals surface area contributed by atoms with Crippen LogP contribution in [0.4, 0.5) is 0 Å². The third kappa shape index (κ3) is 2.18. The summed E-state index contributed by atoms with van der Waals surface area (Å²) in [7, 11) is 1.84. The number of aryl methyl sites for hydroxylation is 2. The molecule has 0 amide bonds. The van der Waals surface area contributed by atoms with E-state index >= 15 is 0 Å². The molecule has 0 aliphatic carbocycles. The first-order valence-electron chi connectivity index (χ1n) is 5.00. The molecule has 16 heavy (non-hydrogen) atoms. The van der Waals surface area contributed by atoms with Crippen molar-refractivity contribution in [3.05, 3.63) is 51.8 Å². The highest BCUT2D eigenvalue weighted by molar-refractivity contribution is 9.10. The molecule has 1 heterocycles. The molecule has 0 bridgehead atoms. The van der Waals surface area contributed by atoms with Crippen LogP contribution in [0.5, 0.6) is 0 Å². The Bertz CT molecular complexity index is 507. The van der Waals surface area contributed by atoms with Gasteiger partial charge in [-0.1, -0.05) is 22.0 Å². The van der Waals surface area contributed by atoms with Gasteiger partial charge in [-0.05, 0) is 30.2 Å². The largest absolute Gasteiger partial charge is 0.384 e. The third-order valence-electron chi connectivity index (χ3n) is 2.57. The van der Waals surface area contributed by atoms with Gasteiger partial charge < -0.3 is 5.11 Å². The minimum Gasteiger partial charge on any atom is -0.384 e. The molecule has 0 aliphatic rings. The van der Waals surface area contributed by atoms with E-state index in [1.54, 1.807) is 10.9 Å². The summed E-state index contributed by atoms with van der Waals surface area (Å²) < 4.78 is 2.71. The zero-order valence-corrected chi connectivity index (χ0v) is 10.8. The Balaban J connectivity index is 2.37. The number of hydrogen-bond donors (Lipinski definition) is 1. The lowest BCUT2D eigenvalue weighted by Gasteiger charge is -2.12. The SMILES string of the molecule is Cc1cc(Br)ccc1C(O)c1cnn(C)c1. The van der Waals surface area contributed by atoms with Crippen molar-refractivity contribution in [2.45, 2.75) is 13.0 Å². The average molecular weight is 281 g/mol. The molecule has 1 aromatic carbocycles. The van der Waals surface area contributed by atoms with Crippen molar-refractivity contribution in [3.63, 3.8) is 0 Å². The van der Waals surface area contributed by atoms with Gasteiger partial charge in [-0.3, -0.25) is 4.68 Å². The minimum atomic E-state index is -0.609. The van der Waals surface area contributed by atoms with Crippen molar-refractivity contribution in [1.82, 2.24) is 9.78 Å². The van der Waals surface area contributed by atoms with Crippen molar-refractivity contribution < 1.29 is 5.11 Å². The fourth-order valence-corrected chi connectivity index (χ4v) is 2.18. The highest BCUT2D eigenvalue weighted by atomic mass is 79.9. The van der Waals surface area contributed by atoms with E-state index in [0.717, 1.165) is 21.2 Å². The number of rotatable bonds is 2. The highest BCUT2D eigenvalue weighted by Gasteiger charge is 2.14. The van der Waals surface area contributed by atoms with Crippen LogP contribution in [0.1, 0.15) is 22.8 Å². The Hall–Kier alpha value is -1.13. The highest BCUT2D eigenvalue weighted by Crippen LogP contribution is 2.26. The monoisotopic (exact) mass is 280 g/mol. The van der Waals surface area contributed by atoms with Gasteiger partial charge in [0.1, 0.15) is 6.10 Å². The molecule has 0 saturated heterocycles. The van der Waals surface area contributed by atoms with Gasteiger partial charge in [-0.15, -0.1) is 0 Å². The molecule has 0 radical (unpaired) electrons. The quantitative estimate of drug-likeness (QED) is 0.918. The summed E-state index contributed by atoms with van der Waals surface area (Å²) in [6.45, 7) is 1.99. The van der Waals surface area contributed by atoms with E-state index < -0.39 is 6.10 Å². The summed E-state index contributed by atoms with van der Waals surface area (Å²) >= 11 is 3.41. The molecule has 0 saturated carbocycles. The smallest absolute Gasteiger partial charge is 0.107 e. The van der Waals surface area contributed by atoms with Crippen LogP contribution >= 0.6 is 15.9 Å². The van der Waals surface area contributed by atoms with E-state index in [4.69, 9.17) is 0 Å². The maximum absolute atomic E-state index is 10.2. The topological polar surface area (TPSA) is 38.1 Å². The molecule has 0 aliphatic heterocycles. The molecule has 1 atom stereocenters. The Kier molecular flexibility index (Phi) is 3.12. The van der Waals surface area contributed by atoms with Crippen LogP contribution in [0.3, 0.4) is 0 Å². The molecule has 2 aromatic rings. The van der Waals surface area contributed by atoms with Crippen LogP contribution in [-0.4, -0.2) is 14.9 Å². The van der Waals surface area contributed by atoms with Gasteiger partial charge >= 0.3 is 0 Å². The van der Waals surface area contributed by atoms with E-state index in [0.29, 0.717) is 0 Å². The number of halogens is 1. The van der Waals surface area contributed by atoms with E-state index in [9.17, 15) is 5.11 Å². The first kappa shape index (κ1) is 11.4. The number of aliphatic hydroxyl groups excluding tert-OH is 1. The second kappa shape index (κ2) is 4.39. The van der Waals surface area contributed by atoms with E-state index in [1.165, 1.54) is 0 Å². The second-order valence-corrected chi connectivity index (χ2v) is 4.77. The van der Waals surface area contributed by atoms with Gasteiger partial charge in [0.2, 0.25) is 0 Å². The van der Waals surface area contributed by atoms with Crippen LogP contribution in [0.2, 0.25) is 0 Å². The summed E-state index contributed by atoms with van der Waals surface area (Å²) in [5, 5.41) is 14.3. The Morgan fingerprint density at radius 2 is 2.19 bits per heavy atom. The number of hydrogen-bond acceptors (Lipinski definition) is 2. The summed E-state index contributed by atoms with van der Waals surface area (Å²) in [5.41, 5.74) is 2.79. The first-order chi connectivity index (χ1) is 7.58. The molecule has 1 aromatic heterocycles. The standard InChI is InChI=1S/C12H13BrN2O/c1-8-5-10(13)3-4-11(8)12(16)9-6-14-15(2)7-9/h3-7,12,16H,1-2H3. The molecule has 1 N–H and O–H groups in total. The average Bonchev–Trinajstić information content (AvgIpc) is 2.64. The normalized spacial score (nSPS) is 12.8. The first-order valence-corrected chi connectivity index (χ1v) is 5.80. The molecule has 3 nitrogen and oxygen atoms in total. The maximum atomic E-state index is 10.2. The number of benzene rings is 1. The van der Waals surface area contributed by atoms with Crippen LogP contribution in [0.25, 0.3) is 0 Å². The third-order valence-corrected chi connectivity index (χ3v) is 3.06. The van der Waals surface area contributed by atoms with Crippen molar-refractivity contribution >= 4 is 15.9 Å². The molecular formula is C12H13BrN2O. The minimum absolute atomic E-state index is 0.609. The van der Waals surface area contributed by atoms with Gasteiger partial charge in [0.25, 0.3) is 0 Å². The lowest BCUT2D eigenvalue weighted by molar-refractivity contribution is 0.219. The summed E-state index contributed by atoms with van der Waals surface area (Å²) in [4.78, 5) is 0. The molecule has 0 spiro atoms. The van der Waals surface area contributed by atoms with Gasteiger partial charge in [0.15, 0.2) is 0 Å². The predicted octanol–water partition coefficient (Wildman–Crippen LogP) is 2.57. The zero-order valence-electron chi connectivity index (χ0n) is 9.18. The van der Waals surface area contributed by atoms with Crippen molar-refractivity contribution in [1.29, 1.82) is 0 Å². The Morgan fingerprint density at radius 3 is 2.75 bits per heavy atom. The lowest BCUT2D eigenvalue weighted by atomic mass is 10.00. The molecule has 4 heteroatoms. The lowest BCUT2D eigenvalue weighted by Crippen LogP contribution is -2.00. The van der Waals surface area contributed by atoms with Crippen molar-refractivity contribution in [2.75, 3.05) is 0 Å². The molecule has 0 fully saturated rings. The van der Waals surface area contributed by atoms with Gasteiger partial charge in [-0.25, -0.2) is 0 Å². The Morgan fingerprint density at radius 1 is 1.44 bits per heavy atom. The fraction of sp³-hybridized carbons (Fsp3) is 0.250. The van der Waals surface area contributed by atoms with Crippen LogP contribution in [0.15, 0.2) is 35.1 Å². The maximum Gasteiger partial charge on any atom is 0.107 e. The van der Waals surface area contributed by atoms with Gasteiger partial charge in [0, 0.05) is 23.3 Å². The van der Waals surface area contributed by atoms with Gasteiger partial charge in [-0.2, -0.15) is 5.10 Å². The summed E-state index contributed by atoms with van der Waals surface area (Å²) in [5.74, 6) is 0. The van der Waals surface area contributed by atoms with Crippen molar-refractivity contribution in [3.8, 4) is 0 Å². The van der Waals surface area contributed by atoms with E-state index in [-0.39, 0.29) is 0 Å². The molecule has 84 valence electrons. The summed E-state index contributed by atoms with van der Waals surface area (Å²) in [6.07, 6.45) is 2.90. The van der Waals surface area contributed by atoms with Gasteiger partial charge in [0.05, 0.1) is 6.20 Å². The number of aromatic nitrogens is 2. The predicted molar refractivity (Wildman–Crippen MR) is 66.1 cm³/mol. The van der Waals surface area contributed by atoms with Crippen molar-refractivity contribution in [2.24, 2.45) is 7.05 Å². The zero-order chi connectivity index (χ0) is 11.7. The number of aliphatic hydroxyl groups is 1. The Labute approximate surface area is 103 Å². The number of nitrogens with zero attached hydrogens (tertiary/aromatic N) is 2. The molecule has 2 rings (SSSR count). The van der Waals surface area contributed by atoms with E-state index in [2.05, 4.69) is 21.0 Å². The van der Waals surface area contributed by atoms with E-state index in [1.807, 2.05) is 38.4 Å². The molecule has 1 unspecified atom stereocenters. The molecular weight excluding hydrogens is 268 g/mol. The fourth-order valence-electron chi connectivity index (χ4n) is 1.71. The van der Waals surface area contributed by atoms with Crippen LogP contribution < -0.4 is 0 Å². The van der Waals surface area contributed by atoms with Crippen LogP contribution in [0, 0.1) is 6.92 Å². The summed E-state index contributed by atoms with van der Waals surface area (Å²) in [6, 6.07) is 5.86.